The largest absolute Gasteiger partial charge is 0.383 e. The molecule has 0 saturated carbocycles. The van der Waals surface area contributed by atoms with E-state index in [1.54, 1.807) is 26.2 Å². The summed E-state index contributed by atoms with van der Waals surface area (Å²) in [6, 6.07) is 19.1. The lowest BCUT2D eigenvalue weighted by atomic mass is 10.1. The van der Waals surface area contributed by atoms with Crippen LogP contribution < -0.4 is 10.6 Å². The molecule has 2 N–H and O–H groups in total. The van der Waals surface area contributed by atoms with E-state index in [9.17, 15) is 4.79 Å². The van der Waals surface area contributed by atoms with Gasteiger partial charge >= 0.3 is 0 Å². The first-order chi connectivity index (χ1) is 13.2. The Morgan fingerprint density at radius 1 is 1.04 bits per heavy atom. The third-order valence-corrected chi connectivity index (χ3v) is 3.93. The molecule has 1 aromatic heterocycles. The number of carbonyl (C=O) groups is 1. The number of anilines is 3. The fraction of sp³-hybridized carbons (Fsp3) is 0.190. The van der Waals surface area contributed by atoms with Gasteiger partial charge in [-0.25, -0.2) is 4.98 Å². The molecule has 0 aliphatic rings. The van der Waals surface area contributed by atoms with Crippen LogP contribution in [0, 0.1) is 0 Å². The van der Waals surface area contributed by atoms with Crippen molar-refractivity contribution in [3.63, 3.8) is 0 Å². The topological polar surface area (TPSA) is 76.1 Å². The molecule has 3 rings (SSSR count). The van der Waals surface area contributed by atoms with Crippen molar-refractivity contribution in [3.8, 4) is 11.3 Å². The maximum atomic E-state index is 11.6. The summed E-state index contributed by atoms with van der Waals surface area (Å²) in [4.78, 5) is 20.8. The summed E-state index contributed by atoms with van der Waals surface area (Å²) in [5.74, 6) is 1.17. The van der Waals surface area contributed by atoms with E-state index in [0.717, 1.165) is 16.9 Å². The van der Waals surface area contributed by atoms with Crippen LogP contribution in [0.1, 0.15) is 17.3 Å². The number of benzene rings is 2. The zero-order valence-corrected chi connectivity index (χ0v) is 15.4. The molecule has 0 aliphatic heterocycles. The van der Waals surface area contributed by atoms with Crippen molar-refractivity contribution in [1.82, 2.24) is 9.97 Å². The molecular weight excluding hydrogens is 340 g/mol. The maximum absolute atomic E-state index is 11.6. The highest BCUT2D eigenvalue weighted by atomic mass is 16.5. The van der Waals surface area contributed by atoms with Gasteiger partial charge in [-0.15, -0.1) is 0 Å². The first kappa shape index (κ1) is 18.5. The Kier molecular flexibility index (Phi) is 6.12. The van der Waals surface area contributed by atoms with Gasteiger partial charge in [-0.2, -0.15) is 4.98 Å². The fourth-order valence-corrected chi connectivity index (χ4v) is 2.58. The van der Waals surface area contributed by atoms with Crippen LogP contribution in [0.2, 0.25) is 0 Å². The molecule has 0 aliphatic carbocycles. The van der Waals surface area contributed by atoms with Crippen molar-refractivity contribution in [1.29, 1.82) is 0 Å². The lowest BCUT2D eigenvalue weighted by molar-refractivity contribution is 0.101. The predicted octanol–water partition coefficient (Wildman–Crippen LogP) is 4.15. The second-order valence-electron chi connectivity index (χ2n) is 6.01. The monoisotopic (exact) mass is 362 g/mol. The fourth-order valence-electron chi connectivity index (χ4n) is 2.58. The van der Waals surface area contributed by atoms with E-state index in [0.29, 0.717) is 30.5 Å². The summed E-state index contributed by atoms with van der Waals surface area (Å²) >= 11 is 0. The van der Waals surface area contributed by atoms with Gasteiger partial charge in [0.2, 0.25) is 5.95 Å². The Morgan fingerprint density at radius 3 is 2.59 bits per heavy atom. The molecule has 2 aromatic carbocycles. The highest BCUT2D eigenvalue weighted by molar-refractivity contribution is 5.95. The Labute approximate surface area is 158 Å². The van der Waals surface area contributed by atoms with Crippen molar-refractivity contribution < 1.29 is 9.53 Å². The third-order valence-electron chi connectivity index (χ3n) is 3.93. The summed E-state index contributed by atoms with van der Waals surface area (Å²) in [6.45, 7) is 2.76. The molecule has 27 heavy (non-hydrogen) atoms. The number of Topliss-reactive ketones (excluding diaryl/α,β-unsaturated/α-hetero) is 1. The van der Waals surface area contributed by atoms with Gasteiger partial charge in [0.25, 0.3) is 0 Å². The van der Waals surface area contributed by atoms with Gasteiger partial charge < -0.3 is 15.4 Å². The van der Waals surface area contributed by atoms with E-state index in [1.807, 2.05) is 48.5 Å². The van der Waals surface area contributed by atoms with Gasteiger partial charge in [0.05, 0.1) is 12.3 Å². The molecule has 3 aromatic rings. The molecule has 0 saturated heterocycles. The van der Waals surface area contributed by atoms with Crippen LogP contribution in [0.4, 0.5) is 17.5 Å². The average Bonchev–Trinajstić information content (AvgIpc) is 2.69. The minimum atomic E-state index is 0.0134. The van der Waals surface area contributed by atoms with E-state index >= 15 is 0 Å². The summed E-state index contributed by atoms with van der Waals surface area (Å²) in [5, 5.41) is 6.44. The van der Waals surface area contributed by atoms with Crippen molar-refractivity contribution in [2.24, 2.45) is 0 Å². The summed E-state index contributed by atoms with van der Waals surface area (Å²) < 4.78 is 5.09. The van der Waals surface area contributed by atoms with Crippen LogP contribution in [0.5, 0.6) is 0 Å². The second-order valence-corrected chi connectivity index (χ2v) is 6.01. The number of hydrogen-bond donors (Lipinski definition) is 2. The zero-order chi connectivity index (χ0) is 19.1. The van der Waals surface area contributed by atoms with Gasteiger partial charge in [-0.1, -0.05) is 42.5 Å². The van der Waals surface area contributed by atoms with Crippen molar-refractivity contribution in [2.45, 2.75) is 6.92 Å². The van der Waals surface area contributed by atoms with E-state index in [1.165, 1.54) is 0 Å². The number of methoxy groups -OCH3 is 1. The van der Waals surface area contributed by atoms with Crippen LogP contribution in [-0.4, -0.2) is 36.0 Å². The highest BCUT2D eigenvalue weighted by Gasteiger charge is 2.08. The molecule has 0 amide bonds. The first-order valence-corrected chi connectivity index (χ1v) is 8.71. The number of carbonyl (C=O) groups excluding carboxylic acids is 1. The van der Waals surface area contributed by atoms with Crippen LogP contribution in [0.3, 0.4) is 0 Å². The summed E-state index contributed by atoms with van der Waals surface area (Å²) in [7, 11) is 1.66. The van der Waals surface area contributed by atoms with E-state index in [2.05, 4.69) is 20.6 Å². The average molecular weight is 362 g/mol. The van der Waals surface area contributed by atoms with Gasteiger partial charge in [0.15, 0.2) is 5.78 Å². The second kappa shape index (κ2) is 8.91. The lowest BCUT2D eigenvalue weighted by Crippen LogP contribution is -2.10. The number of rotatable bonds is 8. The molecule has 6 nitrogen and oxygen atoms in total. The normalized spacial score (nSPS) is 10.4. The molecule has 0 atom stereocenters. The highest BCUT2D eigenvalue weighted by Crippen LogP contribution is 2.23. The quantitative estimate of drug-likeness (QED) is 0.463. The van der Waals surface area contributed by atoms with Crippen LogP contribution in [-0.2, 0) is 4.74 Å². The molecule has 0 radical (unpaired) electrons. The molecule has 138 valence electrons. The molecule has 1 heterocycles. The molecule has 0 spiro atoms. The maximum Gasteiger partial charge on any atom is 0.229 e. The Hall–Kier alpha value is -3.25. The number of hydrogen-bond acceptors (Lipinski definition) is 6. The molecule has 6 heteroatoms. The smallest absolute Gasteiger partial charge is 0.229 e. The van der Waals surface area contributed by atoms with Crippen molar-refractivity contribution >= 4 is 23.2 Å². The van der Waals surface area contributed by atoms with Gasteiger partial charge in [-0.05, 0) is 19.1 Å². The SMILES string of the molecule is COCCNc1cc(-c2ccccc2)nc(Nc2cccc(C(C)=O)c2)n1. The molecule has 0 fully saturated rings. The van der Waals surface area contributed by atoms with Gasteiger partial charge in [0.1, 0.15) is 5.82 Å². The minimum absolute atomic E-state index is 0.0134. The van der Waals surface area contributed by atoms with E-state index in [4.69, 9.17) is 4.74 Å². The molecule has 0 unspecified atom stereocenters. The predicted molar refractivity (Wildman–Crippen MR) is 108 cm³/mol. The lowest BCUT2D eigenvalue weighted by Gasteiger charge is -2.12. The van der Waals surface area contributed by atoms with Crippen molar-refractivity contribution in [2.75, 3.05) is 30.9 Å². The van der Waals surface area contributed by atoms with Crippen LogP contribution in [0.15, 0.2) is 60.7 Å². The Morgan fingerprint density at radius 2 is 1.85 bits per heavy atom. The first-order valence-electron chi connectivity index (χ1n) is 8.71. The number of nitrogens with zero attached hydrogens (tertiary/aromatic N) is 2. The van der Waals surface area contributed by atoms with Gasteiger partial charge in [-0.3, -0.25) is 4.79 Å². The summed E-state index contributed by atoms with van der Waals surface area (Å²) in [6.07, 6.45) is 0. The Balaban J connectivity index is 1.92. The standard InChI is InChI=1S/C21H22N4O2/c1-15(26)17-9-6-10-18(13-17)23-21-24-19(16-7-4-3-5-8-16)14-20(25-21)22-11-12-27-2/h3-10,13-14H,11-12H2,1-2H3,(H2,22,23,24,25). The van der Waals surface area contributed by atoms with Gasteiger partial charge in [0, 0.05) is 36.5 Å². The third kappa shape index (κ3) is 5.12. The number of ketones is 1. The molecular formula is C21H22N4O2. The van der Waals surface area contributed by atoms with Crippen molar-refractivity contribution in [3.05, 3.63) is 66.2 Å². The number of nitrogens with one attached hydrogen (secondary N) is 2. The van der Waals surface area contributed by atoms with Crippen LogP contribution >= 0.6 is 0 Å². The minimum Gasteiger partial charge on any atom is -0.383 e. The van der Waals surface area contributed by atoms with Crippen LogP contribution in [0.25, 0.3) is 11.3 Å². The van der Waals surface area contributed by atoms with E-state index in [-0.39, 0.29) is 5.78 Å². The number of ether oxygens (including phenoxy) is 1. The number of aromatic nitrogens is 2. The Bertz CT molecular complexity index is 913. The molecule has 0 bridgehead atoms. The van der Waals surface area contributed by atoms with E-state index < -0.39 is 0 Å². The summed E-state index contributed by atoms with van der Waals surface area (Å²) in [5.41, 5.74) is 3.19. The zero-order valence-electron chi connectivity index (χ0n) is 15.4.